The normalized spacial score (nSPS) is 19.0. The second-order valence-corrected chi connectivity index (χ2v) is 8.83. The molecule has 0 aromatic heterocycles. The third-order valence-electron chi connectivity index (χ3n) is 5.00. The van der Waals surface area contributed by atoms with Crippen LogP contribution in [0.25, 0.3) is 0 Å². The number of benzene rings is 1. The van der Waals surface area contributed by atoms with Gasteiger partial charge in [-0.15, -0.1) is 0 Å². The summed E-state index contributed by atoms with van der Waals surface area (Å²) < 4.78 is 11.2. The molecule has 1 saturated heterocycles. The van der Waals surface area contributed by atoms with Gasteiger partial charge in [-0.2, -0.15) is 5.10 Å². The Kier molecular flexibility index (Phi) is 6.39. The number of anilines is 1. The number of ether oxygens (including phenoxy) is 2. The van der Waals surface area contributed by atoms with Crippen LogP contribution >= 0.6 is 11.6 Å². The molecule has 0 bridgehead atoms. The van der Waals surface area contributed by atoms with E-state index in [1.807, 2.05) is 43.9 Å². The van der Waals surface area contributed by atoms with Gasteiger partial charge < -0.3 is 20.2 Å². The van der Waals surface area contributed by atoms with Gasteiger partial charge >= 0.3 is 6.09 Å². The van der Waals surface area contributed by atoms with Crippen molar-refractivity contribution >= 4 is 29.2 Å². The van der Waals surface area contributed by atoms with Gasteiger partial charge in [0, 0.05) is 35.3 Å². The molecule has 1 fully saturated rings. The summed E-state index contributed by atoms with van der Waals surface area (Å²) >= 11 is 6.17. The Labute approximate surface area is 177 Å². The molecule has 0 saturated carbocycles. The van der Waals surface area contributed by atoms with E-state index in [1.165, 1.54) is 0 Å². The maximum Gasteiger partial charge on any atom is 0.410 e. The number of amidine groups is 1. The van der Waals surface area contributed by atoms with Crippen LogP contribution in [0.4, 0.5) is 10.5 Å². The number of hydrogen-bond acceptors (Lipinski definition) is 5. The van der Waals surface area contributed by atoms with Gasteiger partial charge in [0.2, 0.25) is 0 Å². The summed E-state index contributed by atoms with van der Waals surface area (Å²) in [4.78, 5) is 16.1. The van der Waals surface area contributed by atoms with Crippen LogP contribution in [0.15, 0.2) is 35.6 Å². The molecule has 3 rings (SSSR count). The van der Waals surface area contributed by atoms with Crippen LogP contribution < -0.4 is 10.7 Å². The number of rotatable bonds is 1. The molecule has 1 aromatic rings. The minimum Gasteiger partial charge on any atom is -0.444 e. The van der Waals surface area contributed by atoms with E-state index >= 15 is 0 Å². The fraction of sp³-hybridized carbons (Fsp3) is 0.524. The zero-order valence-electron chi connectivity index (χ0n) is 17.3. The molecule has 0 radical (unpaired) electrons. The van der Waals surface area contributed by atoms with Gasteiger partial charge in [0.25, 0.3) is 0 Å². The summed E-state index contributed by atoms with van der Waals surface area (Å²) in [5.41, 5.74) is 2.15. The first kappa shape index (κ1) is 21.5. The van der Waals surface area contributed by atoms with Crippen molar-refractivity contribution in [3.63, 3.8) is 0 Å². The number of hydrazone groups is 1. The van der Waals surface area contributed by atoms with E-state index in [-0.39, 0.29) is 12.0 Å². The highest BCUT2D eigenvalue weighted by Crippen LogP contribution is 2.33. The van der Waals surface area contributed by atoms with Crippen LogP contribution in [0, 0.1) is 5.92 Å². The van der Waals surface area contributed by atoms with Gasteiger partial charge in [0.15, 0.2) is 0 Å². The highest BCUT2D eigenvalue weighted by molar-refractivity contribution is 6.30. The summed E-state index contributed by atoms with van der Waals surface area (Å²) in [5.74, 6) is 6.67. The largest absolute Gasteiger partial charge is 0.444 e. The van der Waals surface area contributed by atoms with Crippen LogP contribution in [0.3, 0.4) is 0 Å². The third-order valence-corrected chi connectivity index (χ3v) is 5.23. The number of nitrogens with two attached hydrogens (primary N) is 1. The summed E-state index contributed by atoms with van der Waals surface area (Å²) in [5, 5.41) is 4.79. The predicted octanol–water partition coefficient (Wildman–Crippen LogP) is 4.11. The van der Waals surface area contributed by atoms with Gasteiger partial charge in [-0.25, -0.2) is 4.79 Å². The lowest BCUT2D eigenvalue weighted by Crippen LogP contribution is -2.46. The molecule has 2 N–H and O–H groups in total. The van der Waals surface area contributed by atoms with Crippen molar-refractivity contribution in [2.75, 3.05) is 24.6 Å². The van der Waals surface area contributed by atoms with Crippen molar-refractivity contribution in [2.24, 2.45) is 16.9 Å². The first-order chi connectivity index (χ1) is 13.7. The molecule has 0 aliphatic carbocycles. The molecule has 7 nitrogen and oxygen atoms in total. The minimum atomic E-state index is -0.507. The van der Waals surface area contributed by atoms with Gasteiger partial charge in [0.1, 0.15) is 11.4 Å². The van der Waals surface area contributed by atoms with Gasteiger partial charge in [-0.05, 0) is 51.8 Å². The Bertz CT molecular complexity index is 811. The summed E-state index contributed by atoms with van der Waals surface area (Å²) in [6, 6.07) is 5.67. The lowest BCUT2D eigenvalue weighted by atomic mass is 9.94. The molecule has 0 unspecified atom stereocenters. The van der Waals surface area contributed by atoms with Crippen molar-refractivity contribution in [1.29, 1.82) is 0 Å². The highest BCUT2D eigenvalue weighted by atomic mass is 35.5. The molecule has 0 spiro atoms. The van der Waals surface area contributed by atoms with Gasteiger partial charge in [0.05, 0.1) is 18.9 Å². The van der Waals surface area contributed by atoms with Crippen molar-refractivity contribution in [2.45, 2.75) is 45.8 Å². The second-order valence-electron chi connectivity index (χ2n) is 8.40. The number of amides is 1. The maximum absolute atomic E-state index is 12.3. The first-order valence-electron chi connectivity index (χ1n) is 9.79. The number of carbonyl (C=O) groups excluding carboxylic acids is 1. The van der Waals surface area contributed by atoms with Crippen LogP contribution in [0.5, 0.6) is 0 Å². The molecule has 1 amide bonds. The molecule has 8 heteroatoms. The topological polar surface area (TPSA) is 80.4 Å². The van der Waals surface area contributed by atoms with Crippen molar-refractivity contribution in [3.05, 3.63) is 41.1 Å². The molecule has 2 aliphatic heterocycles. The molecule has 2 heterocycles. The Hall–Kier alpha value is -2.25. The zero-order chi connectivity index (χ0) is 21.2. The predicted molar refractivity (Wildman–Crippen MR) is 115 cm³/mol. The fourth-order valence-corrected chi connectivity index (χ4v) is 3.87. The quantitative estimate of drug-likeness (QED) is 0.320. The summed E-state index contributed by atoms with van der Waals surface area (Å²) in [7, 11) is 0. The molecule has 29 heavy (non-hydrogen) atoms. The number of hydrogen-bond donors (Lipinski definition) is 1. The SMILES string of the molecule is C=C1COCc2cc(Cl)ccc2N1/C(=N\N)C1CCN(C(=O)OC(C)(C)C)CC1. The second kappa shape index (κ2) is 8.63. The average Bonchev–Trinajstić information content (AvgIpc) is 2.80. The smallest absolute Gasteiger partial charge is 0.410 e. The van der Waals surface area contributed by atoms with Crippen molar-refractivity contribution in [3.8, 4) is 0 Å². The number of carbonyl (C=O) groups is 1. The Balaban J connectivity index is 1.77. The summed E-state index contributed by atoms with van der Waals surface area (Å²) in [6.45, 7) is 11.8. The zero-order valence-corrected chi connectivity index (χ0v) is 18.0. The van der Waals surface area contributed by atoms with E-state index in [1.54, 1.807) is 4.90 Å². The highest BCUT2D eigenvalue weighted by Gasteiger charge is 2.33. The Morgan fingerprint density at radius 1 is 1.31 bits per heavy atom. The molecule has 1 aromatic carbocycles. The number of likely N-dealkylation sites (tertiary alicyclic amines) is 1. The Morgan fingerprint density at radius 2 is 2.00 bits per heavy atom. The Morgan fingerprint density at radius 3 is 2.62 bits per heavy atom. The van der Waals surface area contributed by atoms with Gasteiger partial charge in [-0.3, -0.25) is 4.90 Å². The molecule has 2 aliphatic rings. The van der Waals surface area contributed by atoms with Gasteiger partial charge in [-0.1, -0.05) is 18.2 Å². The van der Waals surface area contributed by atoms with E-state index in [0.717, 1.165) is 35.6 Å². The number of piperidine rings is 1. The van der Waals surface area contributed by atoms with E-state index in [2.05, 4.69) is 11.7 Å². The third kappa shape index (κ3) is 5.03. The van der Waals surface area contributed by atoms with Crippen LogP contribution in [0.1, 0.15) is 39.2 Å². The molecule has 0 atom stereocenters. The number of fused-ring (bicyclic) bond motifs is 1. The molecular weight excluding hydrogens is 392 g/mol. The van der Waals surface area contributed by atoms with E-state index in [4.69, 9.17) is 26.9 Å². The molecule has 158 valence electrons. The van der Waals surface area contributed by atoms with E-state index in [0.29, 0.717) is 31.3 Å². The average molecular weight is 421 g/mol. The van der Waals surface area contributed by atoms with E-state index in [9.17, 15) is 4.79 Å². The number of nitrogens with zero attached hydrogens (tertiary/aromatic N) is 3. The van der Waals surface area contributed by atoms with Crippen molar-refractivity contribution < 1.29 is 14.3 Å². The van der Waals surface area contributed by atoms with E-state index < -0.39 is 5.60 Å². The van der Waals surface area contributed by atoms with Crippen LogP contribution in [-0.2, 0) is 16.1 Å². The minimum absolute atomic E-state index is 0.0945. The van der Waals surface area contributed by atoms with Crippen LogP contribution in [0.2, 0.25) is 5.02 Å². The van der Waals surface area contributed by atoms with Crippen molar-refractivity contribution in [1.82, 2.24) is 4.90 Å². The van der Waals surface area contributed by atoms with Crippen LogP contribution in [-0.4, -0.2) is 42.1 Å². The molecular formula is C21H29ClN4O3. The standard InChI is InChI=1S/C21H29ClN4O3/c1-14-12-28-13-16-11-17(22)5-6-18(16)26(14)19(24-23)15-7-9-25(10-8-15)20(27)29-21(2,3)4/h5-6,11,15H,1,7-10,12-13,23H2,2-4H3/b24-19-. The lowest BCUT2D eigenvalue weighted by Gasteiger charge is -2.37. The monoisotopic (exact) mass is 420 g/mol. The first-order valence-corrected chi connectivity index (χ1v) is 10.2. The maximum atomic E-state index is 12.3. The lowest BCUT2D eigenvalue weighted by molar-refractivity contribution is 0.0201. The summed E-state index contributed by atoms with van der Waals surface area (Å²) in [6.07, 6.45) is 1.20. The fourth-order valence-electron chi connectivity index (χ4n) is 3.68. The number of halogens is 1.